The van der Waals surface area contributed by atoms with Crippen molar-refractivity contribution in [1.29, 1.82) is 0 Å². The van der Waals surface area contributed by atoms with Crippen LogP contribution in [-0.2, 0) is 16.1 Å². The molecule has 2 aromatic heterocycles. The molecule has 0 radical (unpaired) electrons. The topological polar surface area (TPSA) is 72.6 Å². The van der Waals surface area contributed by atoms with Gasteiger partial charge in [-0.2, -0.15) is 0 Å². The number of rotatable bonds is 6. The Balaban J connectivity index is 1.88. The van der Waals surface area contributed by atoms with Gasteiger partial charge in [0.05, 0.1) is 31.7 Å². The van der Waals surface area contributed by atoms with Gasteiger partial charge in [0.25, 0.3) is 0 Å². The van der Waals surface area contributed by atoms with E-state index in [1.807, 2.05) is 25.1 Å². The standard InChI is InChI=1S/C19H22N2O4/c1-13(16-8-3-4-10-20-16)21(18(22)14-6-5-7-14)12-15-9-11-25-17(15)19(23)24-2/h3-4,8-11,13-14H,5-7,12H2,1-2H3. The number of carbonyl (C=O) groups excluding carboxylic acids is 2. The normalized spacial score (nSPS) is 15.3. The maximum atomic E-state index is 13.0. The van der Waals surface area contributed by atoms with Crippen molar-refractivity contribution in [3.8, 4) is 0 Å². The van der Waals surface area contributed by atoms with E-state index in [1.54, 1.807) is 17.2 Å². The van der Waals surface area contributed by atoms with Gasteiger partial charge in [0.15, 0.2) is 0 Å². The number of ether oxygens (including phenoxy) is 1. The second-order valence-corrected chi connectivity index (χ2v) is 6.29. The molecule has 1 fully saturated rings. The zero-order chi connectivity index (χ0) is 17.8. The number of esters is 1. The van der Waals surface area contributed by atoms with Crippen molar-refractivity contribution in [3.05, 3.63) is 53.7 Å². The van der Waals surface area contributed by atoms with Crippen LogP contribution in [0.25, 0.3) is 0 Å². The average molecular weight is 342 g/mol. The van der Waals surface area contributed by atoms with Gasteiger partial charge in [-0.05, 0) is 38.0 Å². The van der Waals surface area contributed by atoms with Crippen LogP contribution >= 0.6 is 0 Å². The largest absolute Gasteiger partial charge is 0.463 e. The minimum Gasteiger partial charge on any atom is -0.463 e. The average Bonchev–Trinajstić information content (AvgIpc) is 3.05. The van der Waals surface area contributed by atoms with Crippen molar-refractivity contribution >= 4 is 11.9 Å². The van der Waals surface area contributed by atoms with Crippen LogP contribution in [0, 0.1) is 5.92 Å². The van der Waals surface area contributed by atoms with E-state index in [0.717, 1.165) is 25.0 Å². The van der Waals surface area contributed by atoms with Crippen LogP contribution in [-0.4, -0.2) is 28.9 Å². The van der Waals surface area contributed by atoms with Crippen molar-refractivity contribution < 1.29 is 18.7 Å². The molecule has 0 spiro atoms. The molecule has 0 aromatic carbocycles. The Bertz CT molecular complexity index is 737. The molecular formula is C19H22N2O4. The SMILES string of the molecule is COC(=O)c1occc1CN(C(=O)C1CCC1)C(C)c1ccccn1. The van der Waals surface area contributed by atoms with Crippen molar-refractivity contribution in [2.24, 2.45) is 5.92 Å². The Kier molecular flexibility index (Phi) is 5.16. The minimum atomic E-state index is -0.540. The molecule has 6 heteroatoms. The number of pyridine rings is 1. The van der Waals surface area contributed by atoms with Gasteiger partial charge in [-0.25, -0.2) is 4.79 Å². The molecule has 1 amide bonds. The monoisotopic (exact) mass is 342 g/mol. The van der Waals surface area contributed by atoms with E-state index >= 15 is 0 Å². The molecule has 1 aliphatic rings. The van der Waals surface area contributed by atoms with Crippen molar-refractivity contribution in [1.82, 2.24) is 9.88 Å². The van der Waals surface area contributed by atoms with E-state index in [9.17, 15) is 9.59 Å². The number of hydrogen-bond acceptors (Lipinski definition) is 5. The second kappa shape index (κ2) is 7.51. The fourth-order valence-electron chi connectivity index (χ4n) is 2.99. The van der Waals surface area contributed by atoms with E-state index in [2.05, 4.69) is 4.98 Å². The van der Waals surface area contributed by atoms with E-state index in [-0.39, 0.29) is 30.2 Å². The zero-order valence-corrected chi connectivity index (χ0v) is 14.5. The Morgan fingerprint density at radius 2 is 2.16 bits per heavy atom. The molecule has 1 atom stereocenters. The summed E-state index contributed by atoms with van der Waals surface area (Å²) in [6, 6.07) is 7.16. The highest BCUT2D eigenvalue weighted by Gasteiger charge is 2.33. The molecule has 1 saturated carbocycles. The van der Waals surface area contributed by atoms with Crippen LogP contribution < -0.4 is 0 Å². The smallest absolute Gasteiger partial charge is 0.374 e. The Morgan fingerprint density at radius 3 is 2.76 bits per heavy atom. The fourth-order valence-corrected chi connectivity index (χ4v) is 2.99. The lowest BCUT2D eigenvalue weighted by Gasteiger charge is -2.35. The molecule has 0 aliphatic heterocycles. The van der Waals surface area contributed by atoms with Gasteiger partial charge in [0.2, 0.25) is 11.7 Å². The first-order valence-electron chi connectivity index (χ1n) is 8.48. The van der Waals surface area contributed by atoms with Gasteiger partial charge < -0.3 is 14.1 Å². The first kappa shape index (κ1) is 17.2. The lowest BCUT2D eigenvalue weighted by Crippen LogP contribution is -2.40. The highest BCUT2D eigenvalue weighted by molar-refractivity contribution is 5.88. The molecule has 0 saturated heterocycles. The van der Waals surface area contributed by atoms with Crippen LogP contribution in [0.5, 0.6) is 0 Å². The third-order valence-corrected chi connectivity index (χ3v) is 4.78. The Hall–Kier alpha value is -2.63. The summed E-state index contributed by atoms with van der Waals surface area (Å²) in [7, 11) is 1.31. The van der Waals surface area contributed by atoms with Crippen LogP contribution in [0.2, 0.25) is 0 Å². The summed E-state index contributed by atoms with van der Waals surface area (Å²) < 4.78 is 10.0. The molecule has 2 heterocycles. The maximum absolute atomic E-state index is 13.0. The molecule has 132 valence electrons. The maximum Gasteiger partial charge on any atom is 0.374 e. The summed E-state index contributed by atoms with van der Waals surface area (Å²) in [4.78, 5) is 31.0. The molecule has 3 rings (SSSR count). The first-order valence-corrected chi connectivity index (χ1v) is 8.48. The Morgan fingerprint density at radius 1 is 1.36 bits per heavy atom. The van der Waals surface area contributed by atoms with Crippen molar-refractivity contribution in [3.63, 3.8) is 0 Å². The lowest BCUT2D eigenvalue weighted by atomic mass is 9.84. The predicted octanol–water partition coefficient (Wildman–Crippen LogP) is 3.35. The van der Waals surface area contributed by atoms with Gasteiger partial charge in [-0.1, -0.05) is 12.5 Å². The molecule has 0 bridgehead atoms. The van der Waals surface area contributed by atoms with E-state index < -0.39 is 5.97 Å². The Labute approximate surface area is 146 Å². The van der Waals surface area contributed by atoms with Crippen LogP contribution in [0.3, 0.4) is 0 Å². The van der Waals surface area contributed by atoms with Gasteiger partial charge in [0, 0.05) is 17.7 Å². The first-order chi connectivity index (χ1) is 12.1. The number of carbonyl (C=O) groups is 2. The predicted molar refractivity (Wildman–Crippen MR) is 90.6 cm³/mol. The fraction of sp³-hybridized carbons (Fsp3) is 0.421. The summed E-state index contributed by atoms with van der Waals surface area (Å²) in [6.45, 7) is 2.24. The highest BCUT2D eigenvalue weighted by atomic mass is 16.5. The van der Waals surface area contributed by atoms with E-state index in [1.165, 1.54) is 13.4 Å². The lowest BCUT2D eigenvalue weighted by molar-refractivity contribution is -0.141. The van der Waals surface area contributed by atoms with Crippen LogP contribution in [0.15, 0.2) is 41.1 Å². The van der Waals surface area contributed by atoms with Crippen LogP contribution in [0.4, 0.5) is 0 Å². The quantitative estimate of drug-likeness (QED) is 0.753. The van der Waals surface area contributed by atoms with Gasteiger partial charge in [0.1, 0.15) is 0 Å². The van der Waals surface area contributed by atoms with Crippen LogP contribution in [0.1, 0.15) is 54.0 Å². The summed E-state index contributed by atoms with van der Waals surface area (Å²) in [5.74, 6) is -0.246. The molecule has 1 aliphatic carbocycles. The molecule has 1 unspecified atom stereocenters. The molecule has 0 N–H and O–H groups in total. The molecule has 6 nitrogen and oxygen atoms in total. The summed E-state index contributed by atoms with van der Waals surface area (Å²) in [5.41, 5.74) is 1.46. The number of furan rings is 1. The van der Waals surface area contributed by atoms with E-state index in [0.29, 0.717) is 5.56 Å². The zero-order valence-electron chi connectivity index (χ0n) is 14.5. The molecular weight excluding hydrogens is 320 g/mol. The minimum absolute atomic E-state index is 0.0552. The molecule has 2 aromatic rings. The summed E-state index contributed by atoms with van der Waals surface area (Å²) in [5, 5.41) is 0. The highest BCUT2D eigenvalue weighted by Crippen LogP contribution is 2.32. The molecule has 25 heavy (non-hydrogen) atoms. The van der Waals surface area contributed by atoms with Gasteiger partial charge >= 0.3 is 5.97 Å². The number of amides is 1. The van der Waals surface area contributed by atoms with Gasteiger partial charge in [-0.3, -0.25) is 9.78 Å². The van der Waals surface area contributed by atoms with Crippen molar-refractivity contribution in [2.75, 3.05) is 7.11 Å². The number of methoxy groups -OCH3 is 1. The summed E-state index contributed by atoms with van der Waals surface area (Å²) >= 11 is 0. The second-order valence-electron chi connectivity index (χ2n) is 6.29. The van der Waals surface area contributed by atoms with E-state index in [4.69, 9.17) is 9.15 Å². The van der Waals surface area contributed by atoms with Crippen molar-refractivity contribution in [2.45, 2.75) is 38.8 Å². The number of nitrogens with zero attached hydrogens (tertiary/aromatic N) is 2. The third kappa shape index (κ3) is 3.57. The summed E-state index contributed by atoms with van der Waals surface area (Å²) in [6.07, 6.45) is 6.08. The third-order valence-electron chi connectivity index (χ3n) is 4.78. The number of aromatic nitrogens is 1. The van der Waals surface area contributed by atoms with Gasteiger partial charge in [-0.15, -0.1) is 0 Å². The number of hydrogen-bond donors (Lipinski definition) is 0.